The highest BCUT2D eigenvalue weighted by Crippen LogP contribution is 2.41. The number of piperazine rings is 1. The standard InChI is InChI=1S/C25H30N4O2/c1-25(2)24(30)27-21-10-5-11-22(23(21)31-25)29-15-13-28(14-16-29)12-6-7-18-17-26-20-9-4-3-8-19(18)20/h3-5,8-11,17,26H,6-7,12-16H2,1-2H3,(H,27,30). The van der Waals surface area contributed by atoms with Gasteiger partial charge in [0.15, 0.2) is 11.4 Å². The van der Waals surface area contributed by atoms with Crippen LogP contribution in [0.15, 0.2) is 48.7 Å². The van der Waals surface area contributed by atoms with Crippen LogP contribution in [0, 0.1) is 0 Å². The summed E-state index contributed by atoms with van der Waals surface area (Å²) in [5.74, 6) is 0.692. The maximum absolute atomic E-state index is 12.2. The number of hydrogen-bond acceptors (Lipinski definition) is 4. The molecule has 2 aliphatic heterocycles. The van der Waals surface area contributed by atoms with Crippen LogP contribution in [0.4, 0.5) is 11.4 Å². The van der Waals surface area contributed by atoms with E-state index < -0.39 is 5.60 Å². The number of aromatic amines is 1. The molecule has 1 fully saturated rings. The molecule has 2 N–H and O–H groups in total. The molecule has 162 valence electrons. The quantitative estimate of drug-likeness (QED) is 0.657. The van der Waals surface area contributed by atoms with Gasteiger partial charge in [0.25, 0.3) is 5.91 Å². The van der Waals surface area contributed by atoms with Gasteiger partial charge in [-0.2, -0.15) is 0 Å². The smallest absolute Gasteiger partial charge is 0.268 e. The van der Waals surface area contributed by atoms with E-state index in [4.69, 9.17) is 4.74 Å². The van der Waals surface area contributed by atoms with Crippen LogP contribution in [0.3, 0.4) is 0 Å². The van der Waals surface area contributed by atoms with Gasteiger partial charge in [-0.3, -0.25) is 9.69 Å². The molecule has 2 aromatic carbocycles. The number of nitrogens with zero attached hydrogens (tertiary/aromatic N) is 2. The van der Waals surface area contributed by atoms with Crippen molar-refractivity contribution >= 4 is 28.2 Å². The summed E-state index contributed by atoms with van der Waals surface area (Å²) in [4.78, 5) is 20.5. The van der Waals surface area contributed by atoms with Crippen LogP contribution < -0.4 is 15.0 Å². The zero-order chi connectivity index (χ0) is 21.4. The molecule has 0 atom stereocenters. The second-order valence-electron chi connectivity index (χ2n) is 9.01. The maximum atomic E-state index is 12.2. The van der Waals surface area contributed by atoms with E-state index in [1.807, 2.05) is 26.0 Å². The molecule has 1 amide bonds. The average Bonchev–Trinajstić information content (AvgIpc) is 3.18. The molecule has 0 unspecified atom stereocenters. The van der Waals surface area contributed by atoms with E-state index in [0.717, 1.165) is 62.7 Å². The lowest BCUT2D eigenvalue weighted by atomic mass is 10.0. The first-order valence-corrected chi connectivity index (χ1v) is 11.2. The predicted molar refractivity (Wildman–Crippen MR) is 125 cm³/mol. The molecule has 1 saturated heterocycles. The van der Waals surface area contributed by atoms with Crippen LogP contribution >= 0.6 is 0 Å². The SMILES string of the molecule is CC1(C)Oc2c(cccc2N2CCN(CCCc3c[nH]c4ccccc34)CC2)NC1=O. The third-order valence-corrected chi connectivity index (χ3v) is 6.45. The van der Waals surface area contributed by atoms with Crippen LogP contribution in [0.25, 0.3) is 10.9 Å². The van der Waals surface area contributed by atoms with Crippen molar-refractivity contribution in [2.75, 3.05) is 42.9 Å². The molecule has 0 aliphatic carbocycles. The topological polar surface area (TPSA) is 60.6 Å². The number of hydrogen-bond donors (Lipinski definition) is 2. The lowest BCUT2D eigenvalue weighted by molar-refractivity contribution is -0.129. The Labute approximate surface area is 183 Å². The number of anilines is 2. The molecule has 3 aromatic rings. The third kappa shape index (κ3) is 3.88. The molecule has 0 bridgehead atoms. The molecule has 0 radical (unpaired) electrons. The van der Waals surface area contributed by atoms with Crippen molar-refractivity contribution in [1.82, 2.24) is 9.88 Å². The molecule has 6 nitrogen and oxygen atoms in total. The van der Waals surface area contributed by atoms with Crippen molar-refractivity contribution in [3.05, 3.63) is 54.2 Å². The minimum atomic E-state index is -0.854. The second kappa shape index (κ2) is 7.93. The molecule has 0 saturated carbocycles. The first-order chi connectivity index (χ1) is 15.0. The van der Waals surface area contributed by atoms with Crippen molar-refractivity contribution in [2.24, 2.45) is 0 Å². The van der Waals surface area contributed by atoms with Crippen molar-refractivity contribution in [3.8, 4) is 5.75 Å². The summed E-state index contributed by atoms with van der Waals surface area (Å²) in [5.41, 5.74) is 3.62. The Morgan fingerprint density at radius 3 is 2.68 bits per heavy atom. The number of fused-ring (bicyclic) bond motifs is 2. The van der Waals surface area contributed by atoms with Gasteiger partial charge in [-0.15, -0.1) is 0 Å². The number of carbonyl (C=O) groups excluding carboxylic acids is 1. The molecule has 0 spiro atoms. The zero-order valence-corrected chi connectivity index (χ0v) is 18.3. The van der Waals surface area contributed by atoms with Crippen molar-refractivity contribution in [1.29, 1.82) is 0 Å². The number of nitrogens with one attached hydrogen (secondary N) is 2. The summed E-state index contributed by atoms with van der Waals surface area (Å²) in [5, 5.41) is 4.33. The van der Waals surface area contributed by atoms with Gasteiger partial charge in [0, 0.05) is 43.3 Å². The summed E-state index contributed by atoms with van der Waals surface area (Å²) in [6, 6.07) is 14.5. The first-order valence-electron chi connectivity index (χ1n) is 11.2. The number of aromatic nitrogens is 1. The minimum absolute atomic E-state index is 0.0998. The largest absolute Gasteiger partial charge is 0.474 e. The summed E-state index contributed by atoms with van der Waals surface area (Å²) < 4.78 is 6.11. The Morgan fingerprint density at radius 1 is 1.03 bits per heavy atom. The van der Waals surface area contributed by atoms with E-state index in [1.54, 1.807) is 0 Å². The Bertz CT molecular complexity index is 1100. The maximum Gasteiger partial charge on any atom is 0.268 e. The van der Waals surface area contributed by atoms with Gasteiger partial charge in [-0.25, -0.2) is 0 Å². The number of ether oxygens (including phenoxy) is 1. The third-order valence-electron chi connectivity index (χ3n) is 6.45. The highest BCUT2D eigenvalue weighted by molar-refractivity contribution is 6.01. The Kier molecular flexibility index (Phi) is 5.10. The van der Waals surface area contributed by atoms with Gasteiger partial charge >= 0.3 is 0 Å². The fourth-order valence-corrected chi connectivity index (χ4v) is 4.60. The molecule has 31 heavy (non-hydrogen) atoms. The highest BCUT2D eigenvalue weighted by atomic mass is 16.5. The number of H-pyrrole nitrogens is 1. The summed E-state index contributed by atoms with van der Waals surface area (Å²) in [6.45, 7) is 8.73. The normalized spacial score (nSPS) is 18.5. The molecule has 6 heteroatoms. The Hall–Kier alpha value is -2.99. The number of carbonyl (C=O) groups is 1. The van der Waals surface area contributed by atoms with E-state index in [0.29, 0.717) is 0 Å². The summed E-state index contributed by atoms with van der Waals surface area (Å²) in [7, 11) is 0. The van der Waals surface area contributed by atoms with Crippen molar-refractivity contribution < 1.29 is 9.53 Å². The number of rotatable bonds is 5. The molecule has 2 aliphatic rings. The lowest BCUT2D eigenvalue weighted by Gasteiger charge is -2.39. The predicted octanol–water partition coefficient (Wildman–Crippen LogP) is 4.03. The van der Waals surface area contributed by atoms with E-state index in [2.05, 4.69) is 56.6 Å². The Balaban J connectivity index is 1.18. The van der Waals surface area contributed by atoms with Crippen LogP contribution in [0.1, 0.15) is 25.8 Å². The average molecular weight is 419 g/mol. The number of para-hydroxylation sites is 2. The molecule has 5 rings (SSSR count). The van der Waals surface area contributed by atoms with Gasteiger partial charge in [0.1, 0.15) is 0 Å². The summed E-state index contributed by atoms with van der Waals surface area (Å²) in [6.07, 6.45) is 4.41. The molecule has 1 aromatic heterocycles. The number of aryl methyl sites for hydroxylation is 1. The van der Waals surface area contributed by atoms with Crippen LogP contribution in [-0.2, 0) is 11.2 Å². The van der Waals surface area contributed by atoms with Crippen LogP contribution in [0.5, 0.6) is 5.75 Å². The van der Waals surface area contributed by atoms with Crippen molar-refractivity contribution in [2.45, 2.75) is 32.3 Å². The lowest BCUT2D eigenvalue weighted by Crippen LogP contribution is -2.48. The van der Waals surface area contributed by atoms with Crippen LogP contribution in [0.2, 0.25) is 0 Å². The van der Waals surface area contributed by atoms with Gasteiger partial charge < -0.3 is 19.9 Å². The van der Waals surface area contributed by atoms with E-state index in [9.17, 15) is 4.79 Å². The van der Waals surface area contributed by atoms with E-state index >= 15 is 0 Å². The molecule has 3 heterocycles. The zero-order valence-electron chi connectivity index (χ0n) is 18.3. The van der Waals surface area contributed by atoms with E-state index in [-0.39, 0.29) is 5.91 Å². The van der Waals surface area contributed by atoms with Crippen LogP contribution in [-0.4, -0.2) is 54.1 Å². The van der Waals surface area contributed by atoms with Gasteiger partial charge in [0.2, 0.25) is 0 Å². The minimum Gasteiger partial charge on any atom is -0.474 e. The van der Waals surface area contributed by atoms with E-state index in [1.165, 1.54) is 16.5 Å². The number of benzene rings is 2. The van der Waals surface area contributed by atoms with Gasteiger partial charge in [-0.05, 0) is 57.0 Å². The summed E-state index contributed by atoms with van der Waals surface area (Å²) >= 11 is 0. The van der Waals surface area contributed by atoms with Crippen molar-refractivity contribution in [3.63, 3.8) is 0 Å². The van der Waals surface area contributed by atoms with Gasteiger partial charge in [0.05, 0.1) is 11.4 Å². The number of amides is 1. The molecular weight excluding hydrogens is 388 g/mol. The molecular formula is C25H30N4O2. The highest BCUT2D eigenvalue weighted by Gasteiger charge is 2.37. The van der Waals surface area contributed by atoms with Gasteiger partial charge in [-0.1, -0.05) is 24.3 Å². The monoisotopic (exact) mass is 418 g/mol. The Morgan fingerprint density at radius 2 is 1.84 bits per heavy atom. The second-order valence-corrected chi connectivity index (χ2v) is 9.01. The first kappa shape index (κ1) is 19.9. The fraction of sp³-hybridized carbons (Fsp3) is 0.400. The fourth-order valence-electron chi connectivity index (χ4n) is 4.60.